The first-order valence-corrected chi connectivity index (χ1v) is 9.20. The Bertz CT molecular complexity index is 361. The summed E-state index contributed by atoms with van der Waals surface area (Å²) in [6.45, 7) is 16.8. The lowest BCUT2D eigenvalue weighted by atomic mass is 9.83. The predicted molar refractivity (Wildman–Crippen MR) is 96.7 cm³/mol. The molecule has 0 unspecified atom stereocenters. The molecular weight excluding hydrogens is 288 g/mol. The summed E-state index contributed by atoms with van der Waals surface area (Å²) in [6.07, 6.45) is 5.17. The zero-order valence-corrected chi connectivity index (χ0v) is 16.4. The second-order valence-electron chi connectivity index (χ2n) is 9.13. The van der Waals surface area contributed by atoms with E-state index in [1.807, 2.05) is 25.7 Å². The van der Waals surface area contributed by atoms with Crippen molar-refractivity contribution in [1.29, 1.82) is 0 Å². The van der Waals surface area contributed by atoms with Gasteiger partial charge < -0.3 is 15.0 Å². The number of hydrogen-bond acceptors (Lipinski definition) is 3. The van der Waals surface area contributed by atoms with E-state index in [0.29, 0.717) is 6.54 Å². The maximum Gasteiger partial charge on any atom is 0.410 e. The van der Waals surface area contributed by atoms with E-state index in [1.165, 1.54) is 25.7 Å². The van der Waals surface area contributed by atoms with Gasteiger partial charge in [-0.2, -0.15) is 0 Å². The molecule has 0 radical (unpaired) electrons. The van der Waals surface area contributed by atoms with Gasteiger partial charge in [0, 0.05) is 18.6 Å². The largest absolute Gasteiger partial charge is 0.444 e. The Balaban J connectivity index is 2.39. The third kappa shape index (κ3) is 8.05. The van der Waals surface area contributed by atoms with Gasteiger partial charge in [-0.3, -0.25) is 0 Å². The van der Waals surface area contributed by atoms with Crippen LogP contribution < -0.4 is 5.32 Å². The average molecular weight is 327 g/mol. The first-order chi connectivity index (χ1) is 10.5. The van der Waals surface area contributed by atoms with Gasteiger partial charge in [0.15, 0.2) is 0 Å². The van der Waals surface area contributed by atoms with Gasteiger partial charge in [0.1, 0.15) is 5.60 Å². The molecule has 0 aliphatic heterocycles. The highest BCUT2D eigenvalue weighted by molar-refractivity contribution is 5.69. The molecule has 0 aromatic carbocycles. The summed E-state index contributed by atoms with van der Waals surface area (Å²) in [7, 11) is 0. The van der Waals surface area contributed by atoms with Crippen molar-refractivity contribution in [2.45, 2.75) is 85.3 Å². The van der Waals surface area contributed by atoms with Crippen molar-refractivity contribution >= 4 is 6.09 Å². The van der Waals surface area contributed by atoms with E-state index in [0.717, 1.165) is 24.9 Å². The van der Waals surface area contributed by atoms with E-state index in [4.69, 9.17) is 4.74 Å². The number of amides is 1. The maximum atomic E-state index is 12.4. The van der Waals surface area contributed by atoms with Crippen molar-refractivity contribution in [2.75, 3.05) is 19.6 Å². The minimum atomic E-state index is -0.452. The summed E-state index contributed by atoms with van der Waals surface area (Å²) >= 11 is 0. The second-order valence-corrected chi connectivity index (χ2v) is 9.13. The molecule has 4 nitrogen and oxygen atoms in total. The molecular formula is C19H38N2O2. The number of carbonyl (C=O) groups is 1. The summed E-state index contributed by atoms with van der Waals surface area (Å²) in [5, 5.41) is 3.54. The van der Waals surface area contributed by atoms with Crippen LogP contribution in [-0.4, -0.2) is 41.8 Å². The van der Waals surface area contributed by atoms with E-state index >= 15 is 0 Å². The Hall–Kier alpha value is -0.770. The van der Waals surface area contributed by atoms with E-state index in [1.54, 1.807) is 0 Å². The fraction of sp³-hybridized carbons (Fsp3) is 0.947. The van der Waals surface area contributed by atoms with Crippen LogP contribution >= 0.6 is 0 Å². The minimum Gasteiger partial charge on any atom is -0.444 e. The van der Waals surface area contributed by atoms with Crippen LogP contribution in [0.4, 0.5) is 4.79 Å². The topological polar surface area (TPSA) is 41.6 Å². The van der Waals surface area contributed by atoms with Crippen molar-refractivity contribution in [1.82, 2.24) is 10.2 Å². The van der Waals surface area contributed by atoms with E-state index < -0.39 is 5.60 Å². The summed E-state index contributed by atoms with van der Waals surface area (Å²) in [5.41, 5.74) is -0.683. The lowest BCUT2D eigenvalue weighted by Gasteiger charge is -2.37. The number of nitrogens with one attached hydrogen (secondary N) is 1. The molecule has 0 aromatic rings. The molecule has 1 N–H and O–H groups in total. The molecule has 1 aliphatic carbocycles. The quantitative estimate of drug-likeness (QED) is 0.760. The van der Waals surface area contributed by atoms with Crippen LogP contribution in [0.3, 0.4) is 0 Å². The summed E-state index contributed by atoms with van der Waals surface area (Å²) in [4.78, 5) is 14.2. The van der Waals surface area contributed by atoms with Crippen LogP contribution in [0.1, 0.15) is 74.1 Å². The van der Waals surface area contributed by atoms with Crippen LogP contribution in [0.2, 0.25) is 0 Å². The molecule has 1 saturated carbocycles. The molecule has 0 spiro atoms. The highest BCUT2D eigenvalue weighted by atomic mass is 16.6. The van der Waals surface area contributed by atoms with Crippen molar-refractivity contribution in [3.63, 3.8) is 0 Å². The van der Waals surface area contributed by atoms with Crippen molar-refractivity contribution < 1.29 is 9.53 Å². The third-order valence-corrected chi connectivity index (χ3v) is 4.50. The van der Waals surface area contributed by atoms with Gasteiger partial charge >= 0.3 is 6.09 Å². The van der Waals surface area contributed by atoms with Crippen LogP contribution in [0.25, 0.3) is 0 Å². The normalized spacial score (nSPS) is 22.7. The standard InChI is InChI=1S/C19H38N2O2/c1-15-8-10-16(11-9-15)14-20-12-13-21(18(2,3)4)17(22)23-19(5,6)7/h15-16,20H,8-14H2,1-7H3. The number of ether oxygens (including phenoxy) is 1. The van der Waals surface area contributed by atoms with Gasteiger partial charge in [0.05, 0.1) is 0 Å². The zero-order valence-electron chi connectivity index (χ0n) is 16.4. The molecule has 0 saturated heterocycles. The zero-order chi connectivity index (χ0) is 17.7. The molecule has 23 heavy (non-hydrogen) atoms. The highest BCUT2D eigenvalue weighted by Gasteiger charge is 2.30. The van der Waals surface area contributed by atoms with Crippen molar-refractivity contribution in [3.8, 4) is 0 Å². The van der Waals surface area contributed by atoms with Gasteiger partial charge in [0.2, 0.25) is 0 Å². The van der Waals surface area contributed by atoms with Crippen molar-refractivity contribution in [3.05, 3.63) is 0 Å². The minimum absolute atomic E-state index is 0.224. The molecule has 1 amide bonds. The maximum absolute atomic E-state index is 12.4. The molecule has 1 aliphatic rings. The fourth-order valence-electron chi connectivity index (χ4n) is 3.05. The van der Waals surface area contributed by atoms with E-state index in [2.05, 4.69) is 33.0 Å². The lowest BCUT2D eigenvalue weighted by molar-refractivity contribution is 0.00657. The Labute approximate surface area is 143 Å². The van der Waals surface area contributed by atoms with Gasteiger partial charge in [-0.25, -0.2) is 4.79 Å². The molecule has 0 atom stereocenters. The third-order valence-electron chi connectivity index (χ3n) is 4.50. The average Bonchev–Trinajstić information content (AvgIpc) is 2.37. The van der Waals surface area contributed by atoms with Gasteiger partial charge in [-0.1, -0.05) is 19.8 Å². The number of nitrogens with zero attached hydrogens (tertiary/aromatic N) is 1. The Morgan fingerprint density at radius 2 is 1.65 bits per heavy atom. The molecule has 0 aromatic heterocycles. The second kappa shape index (κ2) is 8.36. The van der Waals surface area contributed by atoms with Crippen LogP contribution in [0.5, 0.6) is 0 Å². The predicted octanol–water partition coefficient (Wildman–Crippen LogP) is 4.44. The first kappa shape index (κ1) is 20.3. The van der Waals surface area contributed by atoms with Gasteiger partial charge in [-0.05, 0) is 72.8 Å². The molecule has 136 valence electrons. The van der Waals surface area contributed by atoms with Gasteiger partial charge in [0.25, 0.3) is 0 Å². The van der Waals surface area contributed by atoms with Crippen LogP contribution in [-0.2, 0) is 4.74 Å². The van der Waals surface area contributed by atoms with E-state index in [9.17, 15) is 4.79 Å². The Morgan fingerprint density at radius 1 is 1.09 bits per heavy atom. The molecule has 1 fully saturated rings. The van der Waals surface area contributed by atoms with Crippen LogP contribution in [0, 0.1) is 11.8 Å². The SMILES string of the molecule is CC1CCC(CNCCN(C(=O)OC(C)(C)C)C(C)(C)C)CC1. The van der Waals surface area contributed by atoms with Crippen molar-refractivity contribution in [2.24, 2.45) is 11.8 Å². The van der Waals surface area contributed by atoms with Gasteiger partial charge in [-0.15, -0.1) is 0 Å². The lowest BCUT2D eigenvalue weighted by Crippen LogP contribution is -2.50. The Morgan fingerprint density at radius 3 is 2.13 bits per heavy atom. The summed E-state index contributed by atoms with van der Waals surface area (Å²) < 4.78 is 5.54. The molecule has 0 bridgehead atoms. The first-order valence-electron chi connectivity index (χ1n) is 9.20. The number of hydrogen-bond donors (Lipinski definition) is 1. The monoisotopic (exact) mass is 326 g/mol. The smallest absolute Gasteiger partial charge is 0.410 e. The number of carbonyl (C=O) groups excluding carboxylic acids is 1. The van der Waals surface area contributed by atoms with E-state index in [-0.39, 0.29) is 11.6 Å². The Kier molecular flexibility index (Phi) is 7.37. The molecule has 4 heteroatoms. The summed E-state index contributed by atoms with van der Waals surface area (Å²) in [5.74, 6) is 1.70. The molecule has 0 heterocycles. The molecule has 1 rings (SSSR count). The fourth-order valence-corrected chi connectivity index (χ4v) is 3.05. The summed E-state index contributed by atoms with van der Waals surface area (Å²) in [6, 6.07) is 0. The number of rotatable bonds is 5. The highest BCUT2D eigenvalue weighted by Crippen LogP contribution is 2.27. The van der Waals surface area contributed by atoms with Crippen LogP contribution in [0.15, 0.2) is 0 Å².